The molecule has 1 fully saturated rings. The van der Waals surface area contributed by atoms with Crippen LogP contribution in [-0.4, -0.2) is 24.6 Å². The molecule has 19 heavy (non-hydrogen) atoms. The van der Waals surface area contributed by atoms with E-state index in [1.165, 1.54) is 11.1 Å². The highest BCUT2D eigenvalue weighted by molar-refractivity contribution is 5.84. The lowest BCUT2D eigenvalue weighted by molar-refractivity contribution is -0.128. The Balaban J connectivity index is 1.74. The first-order valence-corrected chi connectivity index (χ1v) is 6.85. The fourth-order valence-electron chi connectivity index (χ4n) is 3.46. The van der Waals surface area contributed by atoms with Crippen LogP contribution in [0.4, 0.5) is 0 Å². The molecule has 0 aromatic heterocycles. The summed E-state index contributed by atoms with van der Waals surface area (Å²) in [4.78, 5) is 11.8. The molecule has 1 saturated heterocycles. The van der Waals surface area contributed by atoms with Crippen molar-refractivity contribution < 1.29 is 14.3 Å². The first kappa shape index (κ1) is 11.2. The molecule has 1 aliphatic carbocycles. The fourth-order valence-corrected chi connectivity index (χ4v) is 3.46. The number of carbonyl (C=O) groups excluding carboxylic acids is 1. The Morgan fingerprint density at radius 1 is 1.21 bits per heavy atom. The van der Waals surface area contributed by atoms with E-state index < -0.39 is 0 Å². The maximum Gasteiger partial charge on any atom is 0.142 e. The number of hydrogen-bond donors (Lipinski definition) is 0. The highest BCUT2D eigenvalue weighted by Gasteiger charge is 2.47. The largest absolute Gasteiger partial charge is 0.485 e. The van der Waals surface area contributed by atoms with Crippen molar-refractivity contribution in [1.82, 2.24) is 0 Å². The minimum atomic E-state index is -0.0863. The molecule has 0 spiro atoms. The number of allylic oxidation sites excluding steroid dienone is 1. The van der Waals surface area contributed by atoms with Gasteiger partial charge in [-0.05, 0) is 11.6 Å². The van der Waals surface area contributed by atoms with Crippen LogP contribution in [0.15, 0.2) is 35.9 Å². The molecular weight excluding hydrogens is 240 g/mol. The Bertz CT molecular complexity index is 575. The summed E-state index contributed by atoms with van der Waals surface area (Å²) >= 11 is 0. The molecule has 4 rings (SSSR count). The summed E-state index contributed by atoms with van der Waals surface area (Å²) in [5, 5.41) is 0. The molecule has 0 radical (unpaired) electrons. The van der Waals surface area contributed by atoms with Crippen molar-refractivity contribution >= 4 is 5.78 Å². The second-order valence-corrected chi connectivity index (χ2v) is 5.60. The quantitative estimate of drug-likeness (QED) is 0.669. The van der Waals surface area contributed by atoms with Crippen LogP contribution in [0.1, 0.15) is 24.8 Å². The molecule has 0 saturated carbocycles. The molecule has 0 bridgehead atoms. The lowest BCUT2D eigenvalue weighted by Gasteiger charge is -2.38. The van der Waals surface area contributed by atoms with Gasteiger partial charge in [0, 0.05) is 17.9 Å². The zero-order chi connectivity index (χ0) is 13.0. The molecular formula is C16H16O3. The molecule has 4 atom stereocenters. The molecule has 3 heteroatoms. The number of carbonyl (C=O) groups is 1. The Kier molecular flexibility index (Phi) is 2.33. The van der Waals surface area contributed by atoms with Gasteiger partial charge < -0.3 is 9.47 Å². The number of benzene rings is 1. The number of hydrogen-bond acceptors (Lipinski definition) is 3. The van der Waals surface area contributed by atoms with Gasteiger partial charge in [-0.1, -0.05) is 31.2 Å². The minimum Gasteiger partial charge on any atom is -0.485 e. The van der Waals surface area contributed by atoms with Gasteiger partial charge in [-0.15, -0.1) is 0 Å². The summed E-state index contributed by atoms with van der Waals surface area (Å²) in [5.74, 6) is 1.46. The Morgan fingerprint density at radius 2 is 2.05 bits per heavy atom. The maximum atomic E-state index is 11.8. The van der Waals surface area contributed by atoms with Gasteiger partial charge in [-0.25, -0.2) is 0 Å². The number of ether oxygens (including phenoxy) is 2. The number of para-hydroxylation sites is 1. The second kappa shape index (κ2) is 3.94. The first-order valence-electron chi connectivity index (χ1n) is 6.85. The average molecular weight is 256 g/mol. The molecule has 1 aromatic carbocycles. The van der Waals surface area contributed by atoms with Crippen LogP contribution in [0.2, 0.25) is 0 Å². The molecule has 0 N–H and O–H groups in total. The average Bonchev–Trinajstić information content (AvgIpc) is 2.81. The minimum absolute atomic E-state index is 0.0479. The molecule has 98 valence electrons. The van der Waals surface area contributed by atoms with Gasteiger partial charge in [0.25, 0.3) is 0 Å². The van der Waals surface area contributed by atoms with Crippen molar-refractivity contribution in [2.24, 2.45) is 5.92 Å². The lowest BCUT2D eigenvalue weighted by atomic mass is 9.78. The summed E-state index contributed by atoms with van der Waals surface area (Å²) in [5.41, 5.74) is 2.40. The van der Waals surface area contributed by atoms with Crippen LogP contribution in [0.5, 0.6) is 5.75 Å². The Labute approximate surface area is 112 Å². The van der Waals surface area contributed by atoms with E-state index in [0.29, 0.717) is 13.0 Å². The van der Waals surface area contributed by atoms with Crippen molar-refractivity contribution in [2.75, 3.05) is 6.61 Å². The topological polar surface area (TPSA) is 35.5 Å². The standard InChI is InChI=1S/C16H16O3/c1-9-13(17)7-6-11-15(9)18-8-12-10-4-2-3-5-14(10)19-16(11)12/h2-6,9,12,15-16H,7-8H2,1H3. The Hall–Kier alpha value is -1.61. The normalized spacial score (nSPS) is 35.8. The van der Waals surface area contributed by atoms with Gasteiger partial charge >= 0.3 is 0 Å². The van der Waals surface area contributed by atoms with E-state index in [2.05, 4.69) is 6.07 Å². The van der Waals surface area contributed by atoms with Gasteiger partial charge in [-0.3, -0.25) is 4.79 Å². The zero-order valence-corrected chi connectivity index (χ0v) is 10.8. The first-order chi connectivity index (χ1) is 9.25. The fraction of sp³-hybridized carbons (Fsp3) is 0.438. The van der Waals surface area contributed by atoms with Gasteiger partial charge in [0.05, 0.1) is 18.6 Å². The zero-order valence-electron chi connectivity index (χ0n) is 10.8. The maximum absolute atomic E-state index is 11.8. The van der Waals surface area contributed by atoms with Gasteiger partial charge in [0.2, 0.25) is 0 Å². The van der Waals surface area contributed by atoms with E-state index in [-0.39, 0.29) is 29.8 Å². The van der Waals surface area contributed by atoms with Crippen molar-refractivity contribution in [3.63, 3.8) is 0 Å². The van der Waals surface area contributed by atoms with Crippen molar-refractivity contribution in [3.8, 4) is 5.75 Å². The third-order valence-electron chi connectivity index (χ3n) is 4.55. The van der Waals surface area contributed by atoms with E-state index in [0.717, 1.165) is 5.75 Å². The summed E-state index contributed by atoms with van der Waals surface area (Å²) in [6, 6.07) is 8.16. The predicted octanol–water partition coefficient (Wildman–Crippen LogP) is 2.47. The predicted molar refractivity (Wildman–Crippen MR) is 70.2 cm³/mol. The molecule has 3 nitrogen and oxygen atoms in total. The molecule has 1 aromatic rings. The summed E-state index contributed by atoms with van der Waals surface area (Å²) in [6.45, 7) is 2.60. The SMILES string of the molecule is CC1C(=O)CC=C2C1OCC1c3ccccc3OC21. The second-order valence-electron chi connectivity index (χ2n) is 5.60. The van der Waals surface area contributed by atoms with Crippen molar-refractivity contribution in [1.29, 1.82) is 0 Å². The van der Waals surface area contributed by atoms with Crippen molar-refractivity contribution in [3.05, 3.63) is 41.5 Å². The van der Waals surface area contributed by atoms with Gasteiger partial charge in [-0.2, -0.15) is 0 Å². The third kappa shape index (κ3) is 1.51. The number of rotatable bonds is 0. The highest BCUT2D eigenvalue weighted by atomic mass is 16.5. The van der Waals surface area contributed by atoms with Crippen LogP contribution >= 0.6 is 0 Å². The van der Waals surface area contributed by atoms with Gasteiger partial charge in [0.15, 0.2) is 0 Å². The summed E-state index contributed by atoms with van der Waals surface area (Å²) < 4.78 is 12.1. The number of fused-ring (bicyclic) bond motifs is 5. The summed E-state index contributed by atoms with van der Waals surface area (Å²) in [7, 11) is 0. The number of ketones is 1. The van der Waals surface area contributed by atoms with E-state index in [1.54, 1.807) is 0 Å². The molecule has 0 amide bonds. The lowest BCUT2D eigenvalue weighted by Crippen LogP contribution is -2.45. The van der Waals surface area contributed by atoms with E-state index in [1.807, 2.05) is 31.2 Å². The third-order valence-corrected chi connectivity index (χ3v) is 4.55. The monoisotopic (exact) mass is 256 g/mol. The van der Waals surface area contributed by atoms with Gasteiger partial charge in [0.1, 0.15) is 17.6 Å². The van der Waals surface area contributed by atoms with E-state index >= 15 is 0 Å². The van der Waals surface area contributed by atoms with Crippen LogP contribution < -0.4 is 4.74 Å². The van der Waals surface area contributed by atoms with E-state index in [4.69, 9.17) is 9.47 Å². The number of Topliss-reactive ketones (excluding diaryl/α,β-unsaturated/α-hetero) is 1. The van der Waals surface area contributed by atoms with Crippen molar-refractivity contribution in [2.45, 2.75) is 31.5 Å². The van der Waals surface area contributed by atoms with Crippen LogP contribution in [0.3, 0.4) is 0 Å². The highest BCUT2D eigenvalue weighted by Crippen LogP contribution is 2.46. The van der Waals surface area contributed by atoms with E-state index in [9.17, 15) is 4.79 Å². The van der Waals surface area contributed by atoms with Crippen LogP contribution in [0, 0.1) is 5.92 Å². The smallest absolute Gasteiger partial charge is 0.142 e. The van der Waals surface area contributed by atoms with Crippen LogP contribution in [-0.2, 0) is 9.53 Å². The summed E-state index contributed by atoms with van der Waals surface area (Å²) in [6.07, 6.45) is 2.51. The Morgan fingerprint density at radius 3 is 2.95 bits per heavy atom. The molecule has 4 unspecified atom stereocenters. The molecule has 2 aliphatic heterocycles. The molecule has 2 heterocycles. The molecule has 3 aliphatic rings. The van der Waals surface area contributed by atoms with Crippen LogP contribution in [0.25, 0.3) is 0 Å².